The van der Waals surface area contributed by atoms with Gasteiger partial charge in [0.05, 0.1) is 0 Å². The summed E-state index contributed by atoms with van der Waals surface area (Å²) in [5.41, 5.74) is -0.376. The summed E-state index contributed by atoms with van der Waals surface area (Å²) in [5, 5.41) is 15.0. The zero-order valence-electron chi connectivity index (χ0n) is 14.3. The van der Waals surface area contributed by atoms with E-state index in [1.807, 2.05) is 20.8 Å². The highest BCUT2D eigenvalue weighted by Crippen LogP contribution is 2.23. The van der Waals surface area contributed by atoms with Gasteiger partial charge in [0.1, 0.15) is 0 Å². The first-order valence-corrected chi connectivity index (χ1v) is 8.62. The van der Waals surface area contributed by atoms with Gasteiger partial charge in [-0.3, -0.25) is 9.59 Å². The number of hydrogen-bond acceptors (Lipinski definition) is 3. The number of carbonyl (C=O) groups excluding carboxylic acids is 2. The number of aliphatic hydroxyl groups is 1. The van der Waals surface area contributed by atoms with E-state index >= 15 is 0 Å². The van der Waals surface area contributed by atoms with Crippen molar-refractivity contribution >= 4 is 11.8 Å². The first kappa shape index (κ1) is 18.9. The molecule has 2 amide bonds. The molecule has 1 fully saturated rings. The number of amides is 2. The first-order chi connectivity index (χ1) is 10.4. The molecule has 0 aliphatic heterocycles. The van der Waals surface area contributed by atoms with Crippen molar-refractivity contribution in [3.8, 4) is 0 Å². The van der Waals surface area contributed by atoms with Crippen molar-refractivity contribution in [3.63, 3.8) is 0 Å². The van der Waals surface area contributed by atoms with E-state index in [0.717, 1.165) is 32.1 Å². The van der Waals surface area contributed by atoms with E-state index in [-0.39, 0.29) is 42.3 Å². The molecule has 0 bridgehead atoms. The molecule has 5 heteroatoms. The molecule has 0 spiro atoms. The fourth-order valence-electron chi connectivity index (χ4n) is 3.02. The summed E-state index contributed by atoms with van der Waals surface area (Å²) in [5.74, 6) is 0.136. The van der Waals surface area contributed by atoms with Crippen molar-refractivity contribution in [1.82, 2.24) is 10.6 Å². The normalized spacial score (nSPS) is 20.0. The molecule has 0 aromatic carbocycles. The summed E-state index contributed by atoms with van der Waals surface area (Å²) in [6.07, 6.45) is 7.00. The summed E-state index contributed by atoms with van der Waals surface area (Å²) in [6, 6.07) is -0.162. The van der Waals surface area contributed by atoms with E-state index < -0.39 is 0 Å². The highest BCUT2D eigenvalue weighted by atomic mass is 16.3. The Kier molecular flexibility index (Phi) is 7.87. The van der Waals surface area contributed by atoms with Crippen LogP contribution < -0.4 is 10.6 Å². The van der Waals surface area contributed by atoms with Gasteiger partial charge in [-0.05, 0) is 39.5 Å². The second-order valence-electron chi connectivity index (χ2n) is 6.88. The maximum atomic E-state index is 12.2. The molecule has 5 nitrogen and oxygen atoms in total. The van der Waals surface area contributed by atoms with Crippen LogP contribution in [0.4, 0.5) is 0 Å². The van der Waals surface area contributed by atoms with E-state index in [9.17, 15) is 9.59 Å². The van der Waals surface area contributed by atoms with Crippen LogP contribution >= 0.6 is 0 Å². The van der Waals surface area contributed by atoms with Crippen LogP contribution in [-0.4, -0.2) is 35.1 Å². The Balaban J connectivity index is 2.38. The molecular weight excluding hydrogens is 280 g/mol. The van der Waals surface area contributed by atoms with E-state index in [2.05, 4.69) is 10.6 Å². The third-order valence-electron chi connectivity index (χ3n) is 4.74. The molecule has 22 heavy (non-hydrogen) atoms. The molecule has 0 heterocycles. The molecule has 0 aromatic heterocycles. The Morgan fingerprint density at radius 2 is 1.91 bits per heavy atom. The van der Waals surface area contributed by atoms with E-state index in [1.54, 1.807) is 0 Å². The Morgan fingerprint density at radius 1 is 1.27 bits per heavy atom. The average Bonchev–Trinajstić information content (AvgIpc) is 2.47. The van der Waals surface area contributed by atoms with Crippen LogP contribution in [0.15, 0.2) is 0 Å². The van der Waals surface area contributed by atoms with Gasteiger partial charge in [0.2, 0.25) is 11.8 Å². The minimum Gasteiger partial charge on any atom is -0.396 e. The van der Waals surface area contributed by atoms with E-state index in [0.29, 0.717) is 6.42 Å². The van der Waals surface area contributed by atoms with Gasteiger partial charge in [-0.25, -0.2) is 0 Å². The Morgan fingerprint density at radius 3 is 2.45 bits per heavy atom. The number of rotatable bonds is 8. The Bertz CT molecular complexity index is 367. The summed E-state index contributed by atoms with van der Waals surface area (Å²) in [7, 11) is 0. The van der Waals surface area contributed by atoms with Gasteiger partial charge in [-0.2, -0.15) is 0 Å². The number of aliphatic hydroxyl groups excluding tert-OH is 1. The van der Waals surface area contributed by atoms with Crippen molar-refractivity contribution in [1.29, 1.82) is 0 Å². The molecule has 1 aliphatic rings. The van der Waals surface area contributed by atoms with Crippen LogP contribution in [-0.2, 0) is 9.59 Å². The maximum absolute atomic E-state index is 12.2. The summed E-state index contributed by atoms with van der Waals surface area (Å²) >= 11 is 0. The minimum absolute atomic E-state index is 0.0542. The number of nitrogens with one attached hydrogen (secondary N) is 2. The minimum atomic E-state index is -0.376. The summed E-state index contributed by atoms with van der Waals surface area (Å²) < 4.78 is 0. The molecule has 128 valence electrons. The molecule has 2 unspecified atom stereocenters. The quantitative estimate of drug-likeness (QED) is 0.642. The molecule has 1 rings (SSSR count). The molecule has 0 saturated heterocycles. The van der Waals surface area contributed by atoms with E-state index in [1.165, 1.54) is 6.42 Å². The predicted octanol–water partition coefficient (Wildman–Crippen LogP) is 2.13. The van der Waals surface area contributed by atoms with Crippen molar-refractivity contribution in [3.05, 3.63) is 0 Å². The van der Waals surface area contributed by atoms with Crippen molar-refractivity contribution in [2.24, 2.45) is 5.92 Å². The fraction of sp³-hybridized carbons (Fsp3) is 0.882. The second kappa shape index (κ2) is 9.13. The van der Waals surface area contributed by atoms with Gasteiger partial charge in [-0.15, -0.1) is 0 Å². The SMILES string of the molecule is CCC(C)(CCO)NC(=O)CC(C)NC(=O)C1CCCCC1. The van der Waals surface area contributed by atoms with Gasteiger partial charge >= 0.3 is 0 Å². The van der Waals surface area contributed by atoms with Gasteiger partial charge in [-0.1, -0.05) is 26.2 Å². The van der Waals surface area contributed by atoms with Gasteiger partial charge < -0.3 is 15.7 Å². The molecule has 3 N–H and O–H groups in total. The van der Waals surface area contributed by atoms with Crippen LogP contribution in [0.5, 0.6) is 0 Å². The predicted molar refractivity (Wildman–Crippen MR) is 87.3 cm³/mol. The van der Waals surface area contributed by atoms with Crippen molar-refractivity contribution in [2.75, 3.05) is 6.61 Å². The van der Waals surface area contributed by atoms with Gasteiger partial charge in [0.25, 0.3) is 0 Å². The molecule has 1 aliphatic carbocycles. The van der Waals surface area contributed by atoms with E-state index in [4.69, 9.17) is 5.11 Å². The van der Waals surface area contributed by atoms with Gasteiger partial charge in [0, 0.05) is 30.5 Å². The maximum Gasteiger partial charge on any atom is 0.223 e. The molecule has 2 atom stereocenters. The monoisotopic (exact) mass is 312 g/mol. The van der Waals surface area contributed by atoms with Crippen LogP contribution in [0.2, 0.25) is 0 Å². The molecule has 0 radical (unpaired) electrons. The third-order valence-corrected chi connectivity index (χ3v) is 4.74. The van der Waals surface area contributed by atoms with Gasteiger partial charge in [0.15, 0.2) is 0 Å². The van der Waals surface area contributed by atoms with Crippen molar-refractivity contribution < 1.29 is 14.7 Å². The third kappa shape index (κ3) is 6.34. The largest absolute Gasteiger partial charge is 0.396 e. The first-order valence-electron chi connectivity index (χ1n) is 8.62. The standard InChI is InChI=1S/C17H32N2O3/c1-4-17(3,10-11-20)19-15(21)12-13(2)18-16(22)14-8-6-5-7-9-14/h13-14,20H,4-12H2,1-3H3,(H,18,22)(H,19,21). The topological polar surface area (TPSA) is 78.4 Å². The zero-order valence-corrected chi connectivity index (χ0v) is 14.3. The highest BCUT2D eigenvalue weighted by molar-refractivity contribution is 5.81. The molecular formula is C17H32N2O3. The Labute approximate surface area is 134 Å². The lowest BCUT2D eigenvalue weighted by atomic mass is 9.88. The average molecular weight is 312 g/mol. The number of hydrogen-bond donors (Lipinski definition) is 3. The van der Waals surface area contributed by atoms with Crippen LogP contribution in [0, 0.1) is 5.92 Å². The number of carbonyl (C=O) groups is 2. The summed E-state index contributed by atoms with van der Waals surface area (Å²) in [6.45, 7) is 5.85. The second-order valence-corrected chi connectivity index (χ2v) is 6.88. The molecule has 1 saturated carbocycles. The van der Waals surface area contributed by atoms with Crippen LogP contribution in [0.25, 0.3) is 0 Å². The zero-order chi connectivity index (χ0) is 16.6. The van der Waals surface area contributed by atoms with Crippen LogP contribution in [0.1, 0.15) is 72.1 Å². The van der Waals surface area contributed by atoms with Crippen LogP contribution in [0.3, 0.4) is 0 Å². The highest BCUT2D eigenvalue weighted by Gasteiger charge is 2.26. The van der Waals surface area contributed by atoms with Crippen molar-refractivity contribution in [2.45, 2.75) is 83.7 Å². The molecule has 0 aromatic rings. The smallest absolute Gasteiger partial charge is 0.223 e. The Hall–Kier alpha value is -1.10. The fourth-order valence-corrected chi connectivity index (χ4v) is 3.02. The lowest BCUT2D eigenvalue weighted by Gasteiger charge is -2.30. The summed E-state index contributed by atoms with van der Waals surface area (Å²) in [4.78, 5) is 24.3. The lowest BCUT2D eigenvalue weighted by molar-refractivity contribution is -0.127. The lowest BCUT2D eigenvalue weighted by Crippen LogP contribution is -2.48.